The van der Waals surface area contributed by atoms with Gasteiger partial charge in [0.1, 0.15) is 0 Å². The predicted octanol–water partition coefficient (Wildman–Crippen LogP) is 3.52. The van der Waals surface area contributed by atoms with Crippen LogP contribution in [0.1, 0.15) is 11.3 Å². The van der Waals surface area contributed by atoms with E-state index in [1.807, 2.05) is 54.6 Å². The lowest BCUT2D eigenvalue weighted by Crippen LogP contribution is -2.32. The summed E-state index contributed by atoms with van der Waals surface area (Å²) in [6.45, 7) is 0.655. The third-order valence-electron chi connectivity index (χ3n) is 3.94. The lowest BCUT2D eigenvalue weighted by molar-refractivity contribution is 0.405. The monoisotopic (exact) mass is 352 g/mol. The Morgan fingerprint density at radius 2 is 1.44 bits per heavy atom. The predicted molar refractivity (Wildman–Crippen MR) is 98.4 cm³/mol. The molecule has 3 aromatic rings. The van der Waals surface area contributed by atoms with Gasteiger partial charge in [-0.25, -0.2) is 8.42 Å². The summed E-state index contributed by atoms with van der Waals surface area (Å²) in [6.07, 6.45) is 2.33. The molecule has 0 spiro atoms. The van der Waals surface area contributed by atoms with Crippen molar-refractivity contribution in [3.8, 4) is 0 Å². The van der Waals surface area contributed by atoms with Crippen molar-refractivity contribution in [3.05, 3.63) is 96.3 Å². The van der Waals surface area contributed by atoms with Crippen molar-refractivity contribution >= 4 is 10.0 Å². The highest BCUT2D eigenvalue weighted by Gasteiger charge is 2.24. The molecule has 0 unspecified atom stereocenters. The van der Waals surface area contributed by atoms with Crippen LogP contribution in [0.4, 0.5) is 0 Å². The van der Waals surface area contributed by atoms with Gasteiger partial charge in [-0.15, -0.1) is 0 Å². The van der Waals surface area contributed by atoms with Crippen molar-refractivity contribution in [2.45, 2.75) is 17.9 Å². The van der Waals surface area contributed by atoms with Gasteiger partial charge in [0.05, 0.1) is 17.1 Å². The van der Waals surface area contributed by atoms with Crippen molar-refractivity contribution in [2.24, 2.45) is 0 Å². The minimum Gasteiger partial charge on any atom is -0.260 e. The number of rotatable bonds is 7. The van der Waals surface area contributed by atoms with Crippen LogP contribution in [0.25, 0.3) is 0 Å². The molecule has 0 aliphatic carbocycles. The number of sulfonamides is 1. The van der Waals surface area contributed by atoms with Crippen LogP contribution >= 0.6 is 0 Å². The quantitative estimate of drug-likeness (QED) is 0.654. The first-order chi connectivity index (χ1) is 12.2. The van der Waals surface area contributed by atoms with Gasteiger partial charge < -0.3 is 0 Å². The van der Waals surface area contributed by atoms with Gasteiger partial charge in [-0.05, 0) is 36.2 Å². The summed E-state index contributed by atoms with van der Waals surface area (Å²) in [5, 5.41) is 0. The van der Waals surface area contributed by atoms with Crippen LogP contribution in [0.3, 0.4) is 0 Å². The molecule has 25 heavy (non-hydrogen) atoms. The van der Waals surface area contributed by atoms with E-state index in [-0.39, 0.29) is 6.54 Å². The molecule has 1 aromatic heterocycles. The third kappa shape index (κ3) is 4.53. The SMILES string of the molecule is O=S(=O)(c1ccccc1)N(CCc1ccccc1)Cc1ccccn1. The number of nitrogens with zero attached hydrogens (tertiary/aromatic N) is 2. The maximum absolute atomic E-state index is 13.1. The highest BCUT2D eigenvalue weighted by molar-refractivity contribution is 7.89. The van der Waals surface area contributed by atoms with Gasteiger partial charge in [0.2, 0.25) is 10.0 Å². The second kappa shape index (κ2) is 8.05. The molecule has 0 aliphatic heterocycles. The lowest BCUT2D eigenvalue weighted by atomic mass is 10.1. The van der Waals surface area contributed by atoms with Crippen molar-refractivity contribution in [3.63, 3.8) is 0 Å². The van der Waals surface area contributed by atoms with Crippen LogP contribution in [-0.2, 0) is 23.0 Å². The molecule has 0 N–H and O–H groups in total. The van der Waals surface area contributed by atoms with Crippen molar-refractivity contribution in [1.29, 1.82) is 0 Å². The normalized spacial score (nSPS) is 11.6. The summed E-state index contributed by atoms with van der Waals surface area (Å²) in [5.41, 5.74) is 1.84. The van der Waals surface area contributed by atoms with Crippen LogP contribution in [0.5, 0.6) is 0 Å². The molecule has 0 bridgehead atoms. The zero-order valence-electron chi connectivity index (χ0n) is 13.8. The third-order valence-corrected chi connectivity index (χ3v) is 5.80. The van der Waals surface area contributed by atoms with E-state index in [0.717, 1.165) is 11.3 Å². The molecule has 0 fully saturated rings. The molecule has 2 aromatic carbocycles. The Bertz CT molecular complexity index is 883. The summed E-state index contributed by atoms with van der Waals surface area (Å²) >= 11 is 0. The highest BCUT2D eigenvalue weighted by Crippen LogP contribution is 2.18. The van der Waals surface area contributed by atoms with Crippen molar-refractivity contribution in [1.82, 2.24) is 9.29 Å². The number of hydrogen-bond acceptors (Lipinski definition) is 3. The Morgan fingerprint density at radius 1 is 0.800 bits per heavy atom. The first-order valence-electron chi connectivity index (χ1n) is 8.15. The molecule has 0 radical (unpaired) electrons. The van der Waals surface area contributed by atoms with Gasteiger partial charge in [0.25, 0.3) is 0 Å². The van der Waals surface area contributed by atoms with E-state index in [1.165, 1.54) is 4.31 Å². The first kappa shape index (κ1) is 17.3. The first-order valence-corrected chi connectivity index (χ1v) is 9.59. The summed E-state index contributed by atoms with van der Waals surface area (Å²) in [7, 11) is -3.58. The van der Waals surface area contributed by atoms with E-state index in [9.17, 15) is 8.42 Å². The topological polar surface area (TPSA) is 50.3 Å². The lowest BCUT2D eigenvalue weighted by Gasteiger charge is -2.22. The second-order valence-corrected chi connectivity index (χ2v) is 7.65. The molecule has 0 amide bonds. The zero-order chi connectivity index (χ0) is 17.5. The van der Waals surface area contributed by atoms with Crippen LogP contribution in [0.15, 0.2) is 90.0 Å². The number of hydrogen-bond donors (Lipinski definition) is 0. The van der Waals surface area contributed by atoms with E-state index in [0.29, 0.717) is 17.9 Å². The number of benzene rings is 2. The molecule has 0 saturated carbocycles. The minimum absolute atomic E-state index is 0.255. The minimum atomic E-state index is -3.58. The molecule has 0 saturated heterocycles. The molecule has 0 aliphatic rings. The summed E-state index contributed by atoms with van der Waals surface area (Å²) in [6, 6.07) is 24.0. The van der Waals surface area contributed by atoms with E-state index < -0.39 is 10.0 Å². The van der Waals surface area contributed by atoms with Crippen LogP contribution < -0.4 is 0 Å². The number of pyridine rings is 1. The van der Waals surface area contributed by atoms with Gasteiger partial charge >= 0.3 is 0 Å². The smallest absolute Gasteiger partial charge is 0.243 e. The molecule has 0 atom stereocenters. The maximum Gasteiger partial charge on any atom is 0.243 e. The van der Waals surface area contributed by atoms with Gasteiger partial charge in [0.15, 0.2) is 0 Å². The fraction of sp³-hybridized carbons (Fsp3) is 0.150. The number of aromatic nitrogens is 1. The highest BCUT2D eigenvalue weighted by atomic mass is 32.2. The summed E-state index contributed by atoms with van der Waals surface area (Å²) in [4.78, 5) is 4.58. The van der Waals surface area contributed by atoms with Crippen LogP contribution in [-0.4, -0.2) is 24.3 Å². The van der Waals surface area contributed by atoms with Crippen LogP contribution in [0.2, 0.25) is 0 Å². The fourth-order valence-electron chi connectivity index (χ4n) is 2.60. The van der Waals surface area contributed by atoms with Gasteiger partial charge in [-0.2, -0.15) is 4.31 Å². The average molecular weight is 352 g/mol. The summed E-state index contributed by atoms with van der Waals surface area (Å²) in [5.74, 6) is 0. The van der Waals surface area contributed by atoms with E-state index in [2.05, 4.69) is 4.98 Å². The molecular formula is C20H20N2O2S. The fourth-order valence-corrected chi connectivity index (χ4v) is 4.03. The Morgan fingerprint density at radius 3 is 2.08 bits per heavy atom. The largest absolute Gasteiger partial charge is 0.260 e. The van der Waals surface area contributed by atoms with Gasteiger partial charge in [-0.3, -0.25) is 4.98 Å². The van der Waals surface area contributed by atoms with Crippen LogP contribution in [0, 0.1) is 0 Å². The van der Waals surface area contributed by atoms with E-state index in [1.54, 1.807) is 30.5 Å². The second-order valence-electron chi connectivity index (χ2n) is 5.71. The standard InChI is InChI=1S/C20H20N2O2S/c23-25(24,20-12-5-2-6-13-20)22(17-19-11-7-8-15-21-19)16-14-18-9-3-1-4-10-18/h1-13,15H,14,16-17H2. The molecule has 1 heterocycles. The Balaban J connectivity index is 1.86. The van der Waals surface area contributed by atoms with Crippen molar-refractivity contribution in [2.75, 3.05) is 6.54 Å². The van der Waals surface area contributed by atoms with Crippen molar-refractivity contribution < 1.29 is 8.42 Å². The zero-order valence-corrected chi connectivity index (χ0v) is 14.6. The molecule has 4 nitrogen and oxygen atoms in total. The summed E-state index contributed by atoms with van der Waals surface area (Å²) < 4.78 is 27.6. The molecule has 128 valence electrons. The average Bonchev–Trinajstić information content (AvgIpc) is 2.67. The van der Waals surface area contributed by atoms with Gasteiger partial charge in [-0.1, -0.05) is 54.6 Å². The Kier molecular flexibility index (Phi) is 5.58. The van der Waals surface area contributed by atoms with E-state index in [4.69, 9.17) is 0 Å². The Hall–Kier alpha value is -2.50. The van der Waals surface area contributed by atoms with E-state index >= 15 is 0 Å². The maximum atomic E-state index is 13.1. The molecule has 3 rings (SSSR count). The van der Waals surface area contributed by atoms with Gasteiger partial charge in [0, 0.05) is 12.7 Å². The molecule has 5 heteroatoms. The Labute approximate surface area is 148 Å². The molecular weight excluding hydrogens is 332 g/mol.